The molecule has 0 heterocycles. The lowest BCUT2D eigenvalue weighted by Crippen LogP contribution is -2.09. The van der Waals surface area contributed by atoms with Gasteiger partial charge >= 0.3 is 0 Å². The Morgan fingerprint density at radius 2 is 1.93 bits per heavy atom. The molecule has 1 nitrogen and oxygen atoms in total. The fourth-order valence-electron chi connectivity index (χ4n) is 1.64. The normalized spacial score (nSPS) is 14.8. The van der Waals surface area contributed by atoms with Crippen LogP contribution in [0.2, 0.25) is 0 Å². The molecule has 0 fully saturated rings. The van der Waals surface area contributed by atoms with Gasteiger partial charge in [0.15, 0.2) is 0 Å². The van der Waals surface area contributed by atoms with E-state index in [1.54, 1.807) is 0 Å². The Labute approximate surface area is 86.1 Å². The lowest BCUT2D eigenvalue weighted by Gasteiger charge is -2.19. The number of benzene rings is 1. The van der Waals surface area contributed by atoms with Crippen molar-refractivity contribution >= 4 is 0 Å². The summed E-state index contributed by atoms with van der Waals surface area (Å²) in [5, 5.41) is 10.00. The summed E-state index contributed by atoms with van der Waals surface area (Å²) < 4.78 is 0. The highest BCUT2D eigenvalue weighted by molar-refractivity contribution is 5.18. The van der Waals surface area contributed by atoms with Crippen LogP contribution in [0.4, 0.5) is 0 Å². The van der Waals surface area contributed by atoms with Gasteiger partial charge in [0, 0.05) is 0 Å². The topological polar surface area (TPSA) is 20.2 Å². The van der Waals surface area contributed by atoms with E-state index in [0.717, 1.165) is 17.6 Å². The van der Waals surface area contributed by atoms with E-state index >= 15 is 0 Å². The summed E-state index contributed by atoms with van der Waals surface area (Å²) in [6.45, 7) is 7.90. The molecule has 0 bridgehead atoms. The minimum atomic E-state index is -0.382. The minimum Gasteiger partial charge on any atom is -0.388 e. The number of rotatable bonds is 4. The smallest absolute Gasteiger partial charge is 0.0818 e. The summed E-state index contributed by atoms with van der Waals surface area (Å²) in [4.78, 5) is 0. The first kappa shape index (κ1) is 11.0. The second kappa shape index (κ2) is 4.97. The zero-order valence-corrected chi connectivity index (χ0v) is 8.90. The number of hydrogen-bond acceptors (Lipinski definition) is 1. The van der Waals surface area contributed by atoms with E-state index in [1.165, 1.54) is 0 Å². The van der Waals surface area contributed by atoms with Gasteiger partial charge in [-0.25, -0.2) is 0 Å². The molecule has 0 saturated carbocycles. The van der Waals surface area contributed by atoms with E-state index in [0.29, 0.717) is 0 Å². The minimum absolute atomic E-state index is 0.231. The van der Waals surface area contributed by atoms with Crippen LogP contribution >= 0.6 is 0 Å². The average molecular weight is 190 g/mol. The molecule has 1 rings (SSSR count). The first-order chi connectivity index (χ1) is 6.61. The van der Waals surface area contributed by atoms with Crippen molar-refractivity contribution in [2.45, 2.75) is 26.4 Å². The molecule has 2 unspecified atom stereocenters. The van der Waals surface area contributed by atoms with Crippen molar-refractivity contribution in [1.82, 2.24) is 0 Å². The van der Waals surface area contributed by atoms with Gasteiger partial charge < -0.3 is 5.11 Å². The first-order valence-corrected chi connectivity index (χ1v) is 4.98. The summed E-state index contributed by atoms with van der Waals surface area (Å²) in [6, 6.07) is 9.77. The van der Waals surface area contributed by atoms with Gasteiger partial charge in [0.05, 0.1) is 6.10 Å². The van der Waals surface area contributed by atoms with Crippen molar-refractivity contribution in [3.63, 3.8) is 0 Å². The Hall–Kier alpha value is -1.08. The van der Waals surface area contributed by atoms with Gasteiger partial charge in [0.2, 0.25) is 0 Å². The zero-order valence-electron chi connectivity index (χ0n) is 8.90. The Bertz CT molecular complexity index is 289. The van der Waals surface area contributed by atoms with E-state index < -0.39 is 0 Å². The molecule has 1 N–H and O–H groups in total. The third-order valence-electron chi connectivity index (χ3n) is 2.35. The summed E-state index contributed by atoms with van der Waals surface area (Å²) in [7, 11) is 0. The summed E-state index contributed by atoms with van der Waals surface area (Å²) in [5.74, 6) is 0.231. The van der Waals surface area contributed by atoms with Gasteiger partial charge in [0.25, 0.3) is 0 Å². The highest BCUT2D eigenvalue weighted by Gasteiger charge is 2.15. The maximum atomic E-state index is 10.00. The second-order valence-electron chi connectivity index (χ2n) is 3.99. The summed E-state index contributed by atoms with van der Waals surface area (Å²) in [5.41, 5.74) is 2.11. The SMILES string of the molecule is C=C(C)CC(C)C(O)c1ccccc1. The predicted molar refractivity (Wildman–Crippen MR) is 60.0 cm³/mol. The molecule has 0 spiro atoms. The molecule has 1 aromatic rings. The molecular weight excluding hydrogens is 172 g/mol. The molecule has 76 valence electrons. The monoisotopic (exact) mass is 190 g/mol. The molecule has 0 saturated heterocycles. The van der Waals surface area contributed by atoms with E-state index in [-0.39, 0.29) is 12.0 Å². The molecule has 0 aromatic heterocycles. The Morgan fingerprint density at radius 3 is 2.43 bits per heavy atom. The van der Waals surface area contributed by atoms with Gasteiger partial charge in [-0.3, -0.25) is 0 Å². The number of allylic oxidation sites excluding steroid dienone is 1. The maximum absolute atomic E-state index is 10.00. The van der Waals surface area contributed by atoms with Gasteiger partial charge in [-0.1, -0.05) is 42.8 Å². The number of hydrogen-bond donors (Lipinski definition) is 1. The zero-order chi connectivity index (χ0) is 10.6. The van der Waals surface area contributed by atoms with Crippen molar-refractivity contribution in [1.29, 1.82) is 0 Å². The van der Waals surface area contributed by atoms with E-state index in [2.05, 4.69) is 6.58 Å². The highest BCUT2D eigenvalue weighted by atomic mass is 16.3. The van der Waals surface area contributed by atoms with Crippen LogP contribution in [0, 0.1) is 5.92 Å². The van der Waals surface area contributed by atoms with Gasteiger partial charge in [-0.2, -0.15) is 0 Å². The standard InChI is InChI=1S/C13H18O/c1-10(2)9-11(3)13(14)12-7-5-4-6-8-12/h4-8,11,13-14H,1,9H2,2-3H3. The molecule has 0 aliphatic rings. The molecule has 0 radical (unpaired) electrons. The van der Waals surface area contributed by atoms with Crippen LogP contribution < -0.4 is 0 Å². The largest absolute Gasteiger partial charge is 0.388 e. The molecule has 1 heteroatoms. The number of aliphatic hydroxyl groups is 1. The fourth-order valence-corrected chi connectivity index (χ4v) is 1.64. The number of aliphatic hydroxyl groups excluding tert-OH is 1. The van der Waals surface area contributed by atoms with Crippen LogP contribution in [0.15, 0.2) is 42.5 Å². The van der Waals surface area contributed by atoms with Crippen molar-refractivity contribution in [3.8, 4) is 0 Å². The van der Waals surface area contributed by atoms with Crippen molar-refractivity contribution in [2.24, 2.45) is 5.92 Å². The molecule has 1 aromatic carbocycles. The molecule has 0 aliphatic carbocycles. The third kappa shape index (κ3) is 3.00. The van der Waals surface area contributed by atoms with Crippen LogP contribution in [-0.2, 0) is 0 Å². The van der Waals surface area contributed by atoms with Crippen molar-refractivity contribution in [2.75, 3.05) is 0 Å². The predicted octanol–water partition coefficient (Wildman–Crippen LogP) is 3.32. The third-order valence-corrected chi connectivity index (χ3v) is 2.35. The Kier molecular flexibility index (Phi) is 3.90. The molecule has 0 amide bonds. The van der Waals surface area contributed by atoms with E-state index in [9.17, 15) is 5.11 Å². The van der Waals surface area contributed by atoms with Gasteiger partial charge in [-0.05, 0) is 24.8 Å². The van der Waals surface area contributed by atoms with Crippen molar-refractivity contribution < 1.29 is 5.11 Å². The summed E-state index contributed by atoms with van der Waals surface area (Å²) >= 11 is 0. The van der Waals surface area contributed by atoms with Crippen LogP contribution in [0.25, 0.3) is 0 Å². The van der Waals surface area contributed by atoms with E-state index in [4.69, 9.17) is 0 Å². The fraction of sp³-hybridized carbons (Fsp3) is 0.385. The first-order valence-electron chi connectivity index (χ1n) is 4.98. The van der Waals surface area contributed by atoms with E-state index in [1.807, 2.05) is 44.2 Å². The molecule has 0 aliphatic heterocycles. The van der Waals surface area contributed by atoms with Gasteiger partial charge in [0.1, 0.15) is 0 Å². The Morgan fingerprint density at radius 1 is 1.36 bits per heavy atom. The lowest BCUT2D eigenvalue weighted by atomic mass is 9.92. The summed E-state index contributed by atoms with van der Waals surface area (Å²) in [6.07, 6.45) is 0.490. The quantitative estimate of drug-likeness (QED) is 0.722. The molecule has 14 heavy (non-hydrogen) atoms. The van der Waals surface area contributed by atoms with Crippen molar-refractivity contribution in [3.05, 3.63) is 48.0 Å². The van der Waals surface area contributed by atoms with Gasteiger partial charge in [-0.15, -0.1) is 6.58 Å². The van der Waals surface area contributed by atoms with Crippen LogP contribution in [0.1, 0.15) is 31.9 Å². The van der Waals surface area contributed by atoms with Crippen LogP contribution in [-0.4, -0.2) is 5.11 Å². The Balaban J connectivity index is 2.65. The van der Waals surface area contributed by atoms with Crippen LogP contribution in [0.5, 0.6) is 0 Å². The maximum Gasteiger partial charge on any atom is 0.0818 e. The lowest BCUT2D eigenvalue weighted by molar-refractivity contribution is 0.117. The highest BCUT2D eigenvalue weighted by Crippen LogP contribution is 2.25. The molecule has 2 atom stereocenters. The molecular formula is C13H18O. The average Bonchev–Trinajstić information content (AvgIpc) is 2.17. The second-order valence-corrected chi connectivity index (χ2v) is 3.99. The van der Waals surface area contributed by atoms with Crippen LogP contribution in [0.3, 0.4) is 0 Å².